The van der Waals surface area contributed by atoms with Gasteiger partial charge in [-0.15, -0.1) is 0 Å². The second-order valence-corrected chi connectivity index (χ2v) is 7.68. The summed E-state index contributed by atoms with van der Waals surface area (Å²) in [5.41, 5.74) is 0.330. The summed E-state index contributed by atoms with van der Waals surface area (Å²) in [5.74, 6) is 0.0150. The molecule has 7 nitrogen and oxygen atoms in total. The molecule has 4 atom stereocenters. The molecule has 0 bridgehead atoms. The highest BCUT2D eigenvalue weighted by atomic mass is 16.5. The lowest BCUT2D eigenvalue weighted by atomic mass is 9.72. The van der Waals surface area contributed by atoms with E-state index in [0.717, 1.165) is 25.8 Å². The quantitative estimate of drug-likeness (QED) is 0.797. The summed E-state index contributed by atoms with van der Waals surface area (Å²) in [5, 5.41) is 2.54. The predicted octanol–water partition coefficient (Wildman–Crippen LogP) is 2.37. The van der Waals surface area contributed by atoms with Crippen molar-refractivity contribution in [2.75, 3.05) is 13.2 Å². The normalized spacial score (nSPS) is 26.0. The van der Waals surface area contributed by atoms with E-state index in [9.17, 15) is 14.4 Å². The number of nitrogens with one attached hydrogen (secondary N) is 1. The van der Waals surface area contributed by atoms with Crippen LogP contribution in [-0.4, -0.2) is 47.9 Å². The van der Waals surface area contributed by atoms with Crippen LogP contribution in [0.25, 0.3) is 0 Å². The Morgan fingerprint density at radius 3 is 2.81 bits per heavy atom. The predicted molar refractivity (Wildman–Crippen MR) is 97.8 cm³/mol. The fourth-order valence-corrected chi connectivity index (χ4v) is 4.30. The van der Waals surface area contributed by atoms with Crippen molar-refractivity contribution in [2.24, 2.45) is 11.8 Å². The zero-order valence-corrected chi connectivity index (χ0v) is 16.0. The van der Waals surface area contributed by atoms with Crippen LogP contribution in [-0.2, 0) is 14.3 Å². The third-order valence-corrected chi connectivity index (χ3v) is 5.88. The molecule has 1 aromatic heterocycles. The summed E-state index contributed by atoms with van der Waals surface area (Å²) in [6.45, 7) is 4.26. The summed E-state index contributed by atoms with van der Waals surface area (Å²) in [6, 6.07) is 0.936. The lowest BCUT2D eigenvalue weighted by Gasteiger charge is -2.47. The molecule has 0 aromatic carbocycles. The molecule has 1 aromatic rings. The number of esters is 1. The molecule has 148 valence electrons. The molecule has 2 fully saturated rings. The third kappa shape index (κ3) is 4.51. The molecule has 4 unspecified atom stereocenters. The van der Waals surface area contributed by atoms with Crippen LogP contribution in [0.3, 0.4) is 0 Å². The van der Waals surface area contributed by atoms with Gasteiger partial charge in [0.1, 0.15) is 12.3 Å². The molecule has 27 heavy (non-hydrogen) atoms. The van der Waals surface area contributed by atoms with E-state index < -0.39 is 17.9 Å². The molecule has 2 aliphatic rings. The number of furan rings is 1. The Kier molecular flexibility index (Phi) is 6.19. The second kappa shape index (κ2) is 8.59. The van der Waals surface area contributed by atoms with Crippen LogP contribution in [0.15, 0.2) is 23.0 Å². The Bertz CT molecular complexity index is 672. The van der Waals surface area contributed by atoms with Crippen LogP contribution in [0, 0.1) is 11.8 Å². The maximum atomic E-state index is 12.6. The van der Waals surface area contributed by atoms with Crippen molar-refractivity contribution in [2.45, 2.75) is 58.0 Å². The number of amides is 2. The number of piperidine rings is 1. The molecular weight excluding hydrogens is 348 g/mol. The summed E-state index contributed by atoms with van der Waals surface area (Å²) in [6.07, 6.45) is 8.27. The maximum Gasteiger partial charge on any atom is 0.328 e. The van der Waals surface area contributed by atoms with Crippen molar-refractivity contribution in [3.63, 3.8) is 0 Å². The minimum Gasteiger partial charge on any atom is -0.472 e. The van der Waals surface area contributed by atoms with E-state index >= 15 is 0 Å². The Hall–Kier alpha value is -2.31. The molecule has 1 aliphatic heterocycles. The van der Waals surface area contributed by atoms with Crippen molar-refractivity contribution in [1.29, 1.82) is 0 Å². The Morgan fingerprint density at radius 1 is 1.30 bits per heavy atom. The van der Waals surface area contributed by atoms with Gasteiger partial charge in [-0.2, -0.15) is 0 Å². The first-order valence-electron chi connectivity index (χ1n) is 9.76. The van der Waals surface area contributed by atoms with Gasteiger partial charge in [0.05, 0.1) is 11.8 Å². The number of carbonyl (C=O) groups excluding carboxylic acids is 3. The van der Waals surface area contributed by atoms with Crippen LogP contribution in [0.5, 0.6) is 0 Å². The SMILES string of the molecule is CC(NC(=O)c1ccoc1)C(=O)OCC(=O)N1CCC(C)C2CCCCC21. The van der Waals surface area contributed by atoms with Gasteiger partial charge in [-0.05, 0) is 44.1 Å². The molecule has 3 rings (SSSR count). The summed E-state index contributed by atoms with van der Waals surface area (Å²) in [4.78, 5) is 38.6. The molecule has 1 N–H and O–H groups in total. The minimum absolute atomic E-state index is 0.138. The van der Waals surface area contributed by atoms with E-state index in [0.29, 0.717) is 17.4 Å². The standard InChI is InChI=1S/C20H28N2O5/c1-13-7-9-22(17-6-4-3-5-16(13)17)18(23)12-27-20(25)14(2)21-19(24)15-8-10-26-11-15/h8,10-11,13-14,16-17H,3-7,9,12H2,1-2H3,(H,21,24). The fourth-order valence-electron chi connectivity index (χ4n) is 4.30. The highest BCUT2D eigenvalue weighted by Gasteiger charge is 2.39. The number of nitrogens with zero attached hydrogens (tertiary/aromatic N) is 1. The first-order valence-corrected chi connectivity index (χ1v) is 9.76. The third-order valence-electron chi connectivity index (χ3n) is 5.88. The van der Waals surface area contributed by atoms with Crippen LogP contribution < -0.4 is 5.32 Å². The van der Waals surface area contributed by atoms with Gasteiger partial charge in [0.15, 0.2) is 6.61 Å². The molecule has 7 heteroatoms. The number of ether oxygens (including phenoxy) is 1. The Balaban J connectivity index is 1.49. The number of carbonyl (C=O) groups is 3. The number of hydrogen-bond donors (Lipinski definition) is 1. The Labute approximate surface area is 159 Å². The van der Waals surface area contributed by atoms with Crippen molar-refractivity contribution in [3.8, 4) is 0 Å². The first kappa shape index (κ1) is 19.5. The van der Waals surface area contributed by atoms with Crippen LogP contribution in [0.2, 0.25) is 0 Å². The highest BCUT2D eigenvalue weighted by Crippen LogP contribution is 2.38. The summed E-state index contributed by atoms with van der Waals surface area (Å²) >= 11 is 0. The minimum atomic E-state index is -0.844. The van der Waals surface area contributed by atoms with E-state index in [2.05, 4.69) is 12.2 Å². The van der Waals surface area contributed by atoms with Gasteiger partial charge in [-0.1, -0.05) is 19.8 Å². The first-order chi connectivity index (χ1) is 13.0. The average molecular weight is 376 g/mol. The zero-order valence-electron chi connectivity index (χ0n) is 16.0. The van der Waals surface area contributed by atoms with Gasteiger partial charge in [0.2, 0.25) is 0 Å². The smallest absolute Gasteiger partial charge is 0.328 e. The van der Waals surface area contributed by atoms with Crippen molar-refractivity contribution < 1.29 is 23.5 Å². The van der Waals surface area contributed by atoms with Gasteiger partial charge >= 0.3 is 5.97 Å². The van der Waals surface area contributed by atoms with Crippen molar-refractivity contribution >= 4 is 17.8 Å². The molecule has 1 saturated carbocycles. The van der Waals surface area contributed by atoms with Gasteiger partial charge in [-0.3, -0.25) is 9.59 Å². The van der Waals surface area contributed by atoms with E-state index in [1.54, 1.807) is 0 Å². The summed E-state index contributed by atoms with van der Waals surface area (Å²) in [7, 11) is 0. The van der Waals surface area contributed by atoms with E-state index in [-0.39, 0.29) is 18.6 Å². The van der Waals surface area contributed by atoms with Gasteiger partial charge in [-0.25, -0.2) is 4.79 Å². The van der Waals surface area contributed by atoms with Gasteiger partial charge < -0.3 is 19.4 Å². The molecule has 1 saturated heterocycles. The van der Waals surface area contributed by atoms with Gasteiger partial charge in [0.25, 0.3) is 11.8 Å². The molecule has 0 radical (unpaired) electrons. The van der Waals surface area contributed by atoms with Gasteiger partial charge in [0, 0.05) is 12.6 Å². The average Bonchev–Trinajstić information content (AvgIpc) is 3.21. The largest absolute Gasteiger partial charge is 0.472 e. The highest BCUT2D eigenvalue weighted by molar-refractivity contribution is 5.96. The van der Waals surface area contributed by atoms with E-state index in [1.165, 1.54) is 38.4 Å². The van der Waals surface area contributed by atoms with Crippen molar-refractivity contribution in [3.05, 3.63) is 24.2 Å². The number of likely N-dealkylation sites (tertiary alicyclic amines) is 1. The number of fused-ring (bicyclic) bond motifs is 1. The van der Waals surface area contributed by atoms with Crippen LogP contribution in [0.1, 0.15) is 56.3 Å². The molecule has 1 aliphatic carbocycles. The fraction of sp³-hybridized carbons (Fsp3) is 0.650. The molecular formula is C20H28N2O5. The van der Waals surface area contributed by atoms with Crippen LogP contribution in [0.4, 0.5) is 0 Å². The molecule has 2 heterocycles. The molecule has 2 amide bonds. The zero-order chi connectivity index (χ0) is 19.4. The molecule has 0 spiro atoms. The van der Waals surface area contributed by atoms with Crippen LogP contribution >= 0.6 is 0 Å². The topological polar surface area (TPSA) is 88.9 Å². The van der Waals surface area contributed by atoms with Crippen molar-refractivity contribution in [1.82, 2.24) is 10.2 Å². The number of rotatable bonds is 5. The Morgan fingerprint density at radius 2 is 2.07 bits per heavy atom. The maximum absolute atomic E-state index is 12.6. The second-order valence-electron chi connectivity index (χ2n) is 7.68. The lowest BCUT2D eigenvalue weighted by molar-refractivity contribution is -0.156. The summed E-state index contributed by atoms with van der Waals surface area (Å²) < 4.78 is 10.0. The van der Waals surface area contributed by atoms with E-state index in [4.69, 9.17) is 9.15 Å². The monoisotopic (exact) mass is 376 g/mol. The number of hydrogen-bond acceptors (Lipinski definition) is 5. The van der Waals surface area contributed by atoms with E-state index in [1.807, 2.05) is 4.90 Å². The lowest BCUT2D eigenvalue weighted by Crippen LogP contribution is -2.53.